The Kier molecular flexibility index (Phi) is 9.01. The van der Waals surface area contributed by atoms with Crippen molar-refractivity contribution in [3.05, 3.63) is 58.7 Å². The van der Waals surface area contributed by atoms with Gasteiger partial charge in [-0.15, -0.1) is 11.3 Å². The highest BCUT2D eigenvalue weighted by molar-refractivity contribution is 7.19. The van der Waals surface area contributed by atoms with Gasteiger partial charge in [-0.1, -0.05) is 33.1 Å². The Morgan fingerprint density at radius 2 is 1.97 bits per heavy atom. The Balaban J connectivity index is 1.83. The van der Waals surface area contributed by atoms with Crippen molar-refractivity contribution in [1.29, 1.82) is 0 Å². The van der Waals surface area contributed by atoms with E-state index in [0.29, 0.717) is 24.4 Å². The number of pyridine rings is 1. The third kappa shape index (κ3) is 6.20. The Morgan fingerprint density at radius 1 is 1.21 bits per heavy atom. The third-order valence-corrected chi connectivity index (χ3v) is 7.60. The summed E-state index contributed by atoms with van der Waals surface area (Å²) in [4.78, 5) is 30.4. The van der Waals surface area contributed by atoms with Crippen LogP contribution in [0.15, 0.2) is 42.7 Å². The van der Waals surface area contributed by atoms with Crippen LogP contribution >= 0.6 is 11.3 Å². The highest BCUT2D eigenvalue weighted by Crippen LogP contribution is 2.40. The molecule has 33 heavy (non-hydrogen) atoms. The van der Waals surface area contributed by atoms with Crippen molar-refractivity contribution in [3.8, 4) is 0 Å². The van der Waals surface area contributed by atoms with Crippen molar-refractivity contribution < 1.29 is 9.59 Å². The number of unbranched alkanes of at least 4 members (excludes halogenated alkanes) is 2. The monoisotopic (exact) mass is 465 g/mol. The van der Waals surface area contributed by atoms with Crippen molar-refractivity contribution >= 4 is 39.3 Å². The summed E-state index contributed by atoms with van der Waals surface area (Å²) >= 11 is 1.82. The van der Waals surface area contributed by atoms with Crippen LogP contribution in [0.4, 0.5) is 5.69 Å². The molecule has 0 radical (unpaired) electrons. The summed E-state index contributed by atoms with van der Waals surface area (Å²) in [6, 6.07) is 9.99. The van der Waals surface area contributed by atoms with E-state index in [1.807, 2.05) is 48.0 Å². The molecular weight excluding hydrogens is 430 g/mol. The lowest BCUT2D eigenvalue weighted by molar-refractivity contribution is -0.108. The van der Waals surface area contributed by atoms with Gasteiger partial charge in [-0.2, -0.15) is 0 Å². The summed E-state index contributed by atoms with van der Waals surface area (Å²) in [6.45, 7) is 7.20. The SMILES string of the molecule is CCCCCC(C)C(Nc1ccc(C(=O)N(C)CCC=O)cc1)c1sc2cnccc2c1C. The third-order valence-electron chi connectivity index (χ3n) is 6.28. The molecule has 5 nitrogen and oxygen atoms in total. The number of carbonyl (C=O) groups excluding carboxylic acids is 2. The van der Waals surface area contributed by atoms with Crippen LogP contribution < -0.4 is 5.32 Å². The van der Waals surface area contributed by atoms with Crippen molar-refractivity contribution in [2.75, 3.05) is 18.9 Å². The van der Waals surface area contributed by atoms with Crippen LogP contribution in [0.2, 0.25) is 0 Å². The van der Waals surface area contributed by atoms with Gasteiger partial charge >= 0.3 is 0 Å². The number of aromatic nitrogens is 1. The minimum atomic E-state index is -0.0688. The average Bonchev–Trinajstić information content (AvgIpc) is 3.17. The average molecular weight is 466 g/mol. The van der Waals surface area contributed by atoms with Crippen LogP contribution in [-0.4, -0.2) is 35.7 Å². The molecule has 6 heteroatoms. The summed E-state index contributed by atoms with van der Waals surface area (Å²) in [6.07, 6.45) is 9.86. The molecule has 0 aliphatic carbocycles. The predicted octanol–water partition coefficient (Wildman–Crippen LogP) is 6.64. The number of nitrogens with zero attached hydrogens (tertiary/aromatic N) is 2. The number of fused-ring (bicyclic) bond motifs is 1. The summed E-state index contributed by atoms with van der Waals surface area (Å²) in [5.74, 6) is 0.396. The summed E-state index contributed by atoms with van der Waals surface area (Å²) in [5.41, 5.74) is 2.95. The van der Waals surface area contributed by atoms with Gasteiger partial charge in [0, 0.05) is 48.5 Å². The molecule has 0 fully saturated rings. The maximum atomic E-state index is 12.6. The largest absolute Gasteiger partial charge is 0.377 e. The maximum Gasteiger partial charge on any atom is 0.253 e. The van der Waals surface area contributed by atoms with Gasteiger partial charge in [-0.25, -0.2) is 0 Å². The Bertz CT molecular complexity index is 1060. The van der Waals surface area contributed by atoms with E-state index in [-0.39, 0.29) is 11.9 Å². The van der Waals surface area contributed by atoms with Gasteiger partial charge in [0.25, 0.3) is 5.91 Å². The second-order valence-corrected chi connectivity index (χ2v) is 9.90. The molecule has 2 heterocycles. The van der Waals surface area contributed by atoms with E-state index >= 15 is 0 Å². The van der Waals surface area contributed by atoms with Gasteiger partial charge < -0.3 is 15.0 Å². The molecule has 2 aromatic heterocycles. The number of aryl methyl sites for hydroxylation is 1. The number of amides is 1. The molecule has 3 aromatic rings. The van der Waals surface area contributed by atoms with Crippen molar-refractivity contribution in [2.24, 2.45) is 5.92 Å². The van der Waals surface area contributed by atoms with Gasteiger partial charge in [-0.3, -0.25) is 9.78 Å². The maximum absolute atomic E-state index is 12.6. The van der Waals surface area contributed by atoms with E-state index < -0.39 is 0 Å². The molecule has 1 aromatic carbocycles. The van der Waals surface area contributed by atoms with Gasteiger partial charge in [0.1, 0.15) is 6.29 Å². The van der Waals surface area contributed by atoms with Crippen LogP contribution in [0, 0.1) is 12.8 Å². The molecule has 1 N–H and O–H groups in total. The topological polar surface area (TPSA) is 62.3 Å². The Hall–Kier alpha value is -2.73. The molecule has 2 atom stereocenters. The molecular formula is C27H35N3O2S. The first-order valence-electron chi connectivity index (χ1n) is 11.8. The van der Waals surface area contributed by atoms with Gasteiger partial charge in [0.2, 0.25) is 0 Å². The number of hydrogen-bond acceptors (Lipinski definition) is 5. The lowest BCUT2D eigenvalue weighted by Gasteiger charge is -2.26. The molecule has 0 saturated heterocycles. The fraction of sp³-hybridized carbons (Fsp3) is 0.444. The standard InChI is InChI=1S/C27H35N3O2S/c1-5-6-7-9-19(2)25(26-20(3)23-14-15-28-18-24(23)33-26)29-22-12-10-21(11-13-22)27(32)30(4)16-8-17-31/h10-15,17-19,25,29H,5-9,16H2,1-4H3. The quantitative estimate of drug-likeness (QED) is 0.241. The number of nitrogens with one attached hydrogen (secondary N) is 1. The zero-order chi connectivity index (χ0) is 23.8. The van der Waals surface area contributed by atoms with Crippen LogP contribution in [0.1, 0.15) is 72.8 Å². The van der Waals surface area contributed by atoms with Crippen molar-refractivity contribution in [2.45, 2.75) is 58.9 Å². The van der Waals surface area contributed by atoms with Gasteiger partial charge in [0.15, 0.2) is 0 Å². The number of benzene rings is 1. The number of rotatable bonds is 12. The second kappa shape index (κ2) is 11.9. The fourth-order valence-electron chi connectivity index (χ4n) is 4.20. The molecule has 3 rings (SSSR count). The second-order valence-electron chi connectivity index (χ2n) is 8.82. The van der Waals surface area contributed by atoms with E-state index in [9.17, 15) is 9.59 Å². The molecule has 0 aliphatic rings. The van der Waals surface area contributed by atoms with Crippen LogP contribution in [0.3, 0.4) is 0 Å². The van der Waals surface area contributed by atoms with Crippen molar-refractivity contribution in [3.63, 3.8) is 0 Å². The first-order chi connectivity index (χ1) is 16.0. The zero-order valence-electron chi connectivity index (χ0n) is 20.1. The molecule has 0 aliphatic heterocycles. The van der Waals surface area contributed by atoms with E-state index in [1.165, 1.54) is 39.8 Å². The van der Waals surface area contributed by atoms with Crippen molar-refractivity contribution in [1.82, 2.24) is 9.88 Å². The van der Waals surface area contributed by atoms with Crippen LogP contribution in [0.5, 0.6) is 0 Å². The molecule has 1 amide bonds. The van der Waals surface area contributed by atoms with E-state index in [1.54, 1.807) is 11.9 Å². The zero-order valence-corrected chi connectivity index (χ0v) is 21.0. The number of carbonyl (C=O) groups is 2. The molecule has 2 unspecified atom stereocenters. The molecule has 0 spiro atoms. The van der Waals surface area contributed by atoms with Gasteiger partial charge in [0.05, 0.1) is 10.7 Å². The minimum Gasteiger partial charge on any atom is -0.377 e. The number of aldehydes is 1. The van der Waals surface area contributed by atoms with E-state index in [4.69, 9.17) is 0 Å². The molecule has 176 valence electrons. The minimum absolute atomic E-state index is 0.0688. The highest BCUT2D eigenvalue weighted by atomic mass is 32.1. The number of thiophene rings is 1. The van der Waals surface area contributed by atoms with E-state index in [2.05, 4.69) is 37.1 Å². The van der Waals surface area contributed by atoms with Crippen LogP contribution in [0.25, 0.3) is 10.1 Å². The van der Waals surface area contributed by atoms with Gasteiger partial charge in [-0.05, 0) is 60.5 Å². The number of hydrogen-bond donors (Lipinski definition) is 1. The van der Waals surface area contributed by atoms with E-state index in [0.717, 1.165) is 18.4 Å². The Morgan fingerprint density at radius 3 is 2.64 bits per heavy atom. The molecule has 0 bridgehead atoms. The first kappa shape index (κ1) is 24.9. The molecule has 0 saturated carbocycles. The smallest absolute Gasteiger partial charge is 0.253 e. The number of anilines is 1. The lowest BCUT2D eigenvalue weighted by Crippen LogP contribution is -2.27. The summed E-state index contributed by atoms with van der Waals surface area (Å²) in [5, 5.41) is 5.05. The first-order valence-corrected chi connectivity index (χ1v) is 12.7. The predicted molar refractivity (Wildman–Crippen MR) is 138 cm³/mol. The lowest BCUT2D eigenvalue weighted by atomic mass is 9.92. The Labute approximate surface area is 201 Å². The van der Waals surface area contributed by atoms with Crippen LogP contribution in [-0.2, 0) is 4.79 Å². The summed E-state index contributed by atoms with van der Waals surface area (Å²) in [7, 11) is 1.73. The summed E-state index contributed by atoms with van der Waals surface area (Å²) < 4.78 is 1.22. The fourth-order valence-corrected chi connectivity index (χ4v) is 5.56. The highest BCUT2D eigenvalue weighted by Gasteiger charge is 2.24. The normalized spacial score (nSPS) is 13.0.